The van der Waals surface area contributed by atoms with Crippen molar-refractivity contribution in [2.75, 3.05) is 5.75 Å². The number of hydrogen-bond acceptors (Lipinski definition) is 2. The van der Waals surface area contributed by atoms with E-state index in [0.717, 1.165) is 5.75 Å². The van der Waals surface area contributed by atoms with Crippen molar-refractivity contribution in [3.05, 3.63) is 7.43 Å². The van der Waals surface area contributed by atoms with E-state index >= 15 is 0 Å². The summed E-state index contributed by atoms with van der Waals surface area (Å²) in [5, 5.41) is 0. The third-order valence-electron chi connectivity index (χ3n) is 2.16. The molecule has 1 aliphatic rings. The first-order valence-electron chi connectivity index (χ1n) is 3.67. The maximum Gasteiger partial charge on any atom is 0.0243 e. The second-order valence-corrected chi connectivity index (χ2v) is 3.40. The van der Waals surface area contributed by atoms with Crippen molar-refractivity contribution in [3.8, 4) is 0 Å². The fourth-order valence-electron chi connectivity index (χ4n) is 1.41. The third-order valence-corrected chi connectivity index (χ3v) is 2.79. The number of hydrogen-bond donors (Lipinski definition) is 2. The Morgan fingerprint density at radius 3 is 1.91 bits per heavy atom. The van der Waals surface area contributed by atoms with Crippen LogP contribution < -0.4 is 5.73 Å². The maximum atomic E-state index is 5.98. The van der Waals surface area contributed by atoms with Crippen LogP contribution in [0, 0.1) is 7.43 Å². The zero-order valence-corrected chi connectivity index (χ0v) is 11.1. The van der Waals surface area contributed by atoms with Crippen molar-refractivity contribution in [2.45, 2.75) is 37.6 Å². The maximum absolute atomic E-state index is 5.98. The van der Waals surface area contributed by atoms with Crippen LogP contribution in [0.15, 0.2) is 0 Å². The van der Waals surface area contributed by atoms with Crippen LogP contribution in [0.2, 0.25) is 0 Å². The molecule has 65 valence electrons. The van der Waals surface area contributed by atoms with E-state index in [2.05, 4.69) is 12.6 Å². The van der Waals surface area contributed by atoms with Gasteiger partial charge in [-0.25, -0.2) is 0 Å². The van der Waals surface area contributed by atoms with E-state index in [9.17, 15) is 0 Å². The number of nitrogens with two attached hydrogens (primary N) is 1. The second-order valence-electron chi connectivity index (χ2n) is 3.08. The summed E-state index contributed by atoms with van der Waals surface area (Å²) in [7, 11) is 0. The normalized spacial score (nSPS) is 21.3. The van der Waals surface area contributed by atoms with Crippen LogP contribution in [0.3, 0.4) is 0 Å². The molecule has 0 heterocycles. The quantitative estimate of drug-likeness (QED) is 0.539. The van der Waals surface area contributed by atoms with Crippen LogP contribution in [0.1, 0.15) is 32.1 Å². The van der Waals surface area contributed by atoms with Gasteiger partial charge in [0.05, 0.1) is 0 Å². The van der Waals surface area contributed by atoms with Gasteiger partial charge in [0.2, 0.25) is 0 Å². The van der Waals surface area contributed by atoms with Crippen molar-refractivity contribution >= 4 is 12.6 Å². The number of thiol groups is 1. The Morgan fingerprint density at radius 1 is 1.18 bits per heavy atom. The Labute approximate surface area is 101 Å². The summed E-state index contributed by atoms with van der Waals surface area (Å²) in [5.74, 6) is 0.854. The van der Waals surface area contributed by atoms with Gasteiger partial charge in [-0.1, -0.05) is 19.3 Å². The summed E-state index contributed by atoms with van der Waals surface area (Å²) < 4.78 is 0. The third kappa shape index (κ3) is 4.87. The Kier molecular flexibility index (Phi) is 9.33. The smallest absolute Gasteiger partial charge is 0.0243 e. The van der Waals surface area contributed by atoms with E-state index in [1.807, 2.05) is 0 Å². The standard InChI is InChI=1S/C7H15NS.CH3.Y/c8-7(6-9)4-2-1-3-5-7;;/h9H,1-6,8H2;1H3;/q;-1;. The minimum absolute atomic E-state index is 0. The molecule has 0 spiro atoms. The fourth-order valence-corrected chi connectivity index (χ4v) is 1.73. The van der Waals surface area contributed by atoms with E-state index in [1.165, 1.54) is 32.1 Å². The summed E-state index contributed by atoms with van der Waals surface area (Å²) in [6, 6.07) is 0. The van der Waals surface area contributed by atoms with Gasteiger partial charge < -0.3 is 13.2 Å². The topological polar surface area (TPSA) is 26.0 Å². The molecule has 3 heteroatoms. The Balaban J connectivity index is 0. The van der Waals surface area contributed by atoms with Gasteiger partial charge in [0.1, 0.15) is 0 Å². The van der Waals surface area contributed by atoms with Gasteiger partial charge in [-0.2, -0.15) is 12.6 Å². The predicted molar refractivity (Wildman–Crippen MR) is 50.3 cm³/mol. The van der Waals surface area contributed by atoms with Gasteiger partial charge in [0, 0.05) is 44.0 Å². The molecule has 1 radical (unpaired) electrons. The van der Waals surface area contributed by atoms with Crippen LogP contribution in [-0.2, 0) is 32.7 Å². The van der Waals surface area contributed by atoms with Gasteiger partial charge >= 0.3 is 0 Å². The molecule has 0 bridgehead atoms. The van der Waals surface area contributed by atoms with E-state index < -0.39 is 0 Å². The molecule has 0 aromatic rings. The molecule has 1 saturated carbocycles. The zero-order valence-electron chi connectivity index (χ0n) is 7.34. The molecular formula is C8H18NSY-. The molecular weight excluding hydrogens is 231 g/mol. The van der Waals surface area contributed by atoms with Crippen LogP contribution in [0.4, 0.5) is 0 Å². The zero-order chi connectivity index (χ0) is 6.74. The molecule has 0 aromatic carbocycles. The Morgan fingerprint density at radius 2 is 1.64 bits per heavy atom. The molecule has 0 aliphatic heterocycles. The van der Waals surface area contributed by atoms with Crippen molar-refractivity contribution in [1.82, 2.24) is 0 Å². The average Bonchev–Trinajstić information content (AvgIpc) is 1.90. The van der Waals surface area contributed by atoms with Gasteiger partial charge in [0.25, 0.3) is 0 Å². The van der Waals surface area contributed by atoms with Crippen LogP contribution in [0.5, 0.6) is 0 Å². The predicted octanol–water partition coefficient (Wildman–Crippen LogP) is 2.03. The minimum atomic E-state index is 0. The summed E-state index contributed by atoms with van der Waals surface area (Å²) in [6.07, 6.45) is 6.33. The molecule has 0 unspecified atom stereocenters. The molecule has 0 saturated heterocycles. The van der Waals surface area contributed by atoms with Crippen molar-refractivity contribution in [1.29, 1.82) is 0 Å². The largest absolute Gasteiger partial charge is 0.358 e. The van der Waals surface area contributed by atoms with Crippen molar-refractivity contribution in [3.63, 3.8) is 0 Å². The molecule has 0 amide bonds. The summed E-state index contributed by atoms with van der Waals surface area (Å²) in [4.78, 5) is 0. The molecule has 0 atom stereocenters. The van der Waals surface area contributed by atoms with E-state index in [4.69, 9.17) is 5.73 Å². The molecule has 1 rings (SSSR count). The molecule has 1 aliphatic carbocycles. The second kappa shape index (κ2) is 6.88. The Bertz CT molecular complexity index is 92.1. The molecule has 2 N–H and O–H groups in total. The van der Waals surface area contributed by atoms with E-state index in [-0.39, 0.29) is 45.7 Å². The van der Waals surface area contributed by atoms with E-state index in [1.54, 1.807) is 0 Å². The fraction of sp³-hybridized carbons (Fsp3) is 0.875. The van der Waals surface area contributed by atoms with Crippen LogP contribution >= 0.6 is 12.6 Å². The van der Waals surface area contributed by atoms with Gasteiger partial charge in [-0.05, 0) is 12.8 Å². The first kappa shape index (κ1) is 14.9. The van der Waals surface area contributed by atoms with Crippen LogP contribution in [-0.4, -0.2) is 11.3 Å². The van der Waals surface area contributed by atoms with Gasteiger partial charge in [0.15, 0.2) is 0 Å². The first-order valence-corrected chi connectivity index (χ1v) is 4.30. The Hall–Kier alpha value is 1.41. The number of rotatable bonds is 1. The first-order chi connectivity index (χ1) is 4.27. The molecule has 0 aromatic heterocycles. The van der Waals surface area contributed by atoms with Gasteiger partial charge in [-0.3, -0.25) is 0 Å². The average molecular weight is 249 g/mol. The van der Waals surface area contributed by atoms with E-state index in [0.29, 0.717) is 0 Å². The summed E-state index contributed by atoms with van der Waals surface area (Å²) in [5.41, 5.74) is 6.07. The van der Waals surface area contributed by atoms with Crippen LogP contribution in [0.25, 0.3) is 0 Å². The summed E-state index contributed by atoms with van der Waals surface area (Å²) in [6.45, 7) is 0. The molecule has 1 fully saturated rings. The summed E-state index contributed by atoms with van der Waals surface area (Å²) >= 11 is 4.22. The minimum Gasteiger partial charge on any atom is -0.358 e. The molecule has 1 nitrogen and oxygen atoms in total. The van der Waals surface area contributed by atoms with Crippen molar-refractivity contribution < 1.29 is 32.7 Å². The van der Waals surface area contributed by atoms with Gasteiger partial charge in [-0.15, -0.1) is 0 Å². The van der Waals surface area contributed by atoms with Crippen molar-refractivity contribution in [2.24, 2.45) is 5.73 Å². The molecule has 11 heavy (non-hydrogen) atoms. The monoisotopic (exact) mass is 249 g/mol. The SMILES string of the molecule is NC1(CS)CCCCC1.[CH3-].[Y].